The van der Waals surface area contributed by atoms with Crippen molar-refractivity contribution in [3.63, 3.8) is 0 Å². The molecule has 24 heavy (non-hydrogen) atoms. The number of carbonyl (C=O) groups excluding carboxylic acids is 1. The van der Waals surface area contributed by atoms with E-state index in [0.29, 0.717) is 12.6 Å². The summed E-state index contributed by atoms with van der Waals surface area (Å²) in [6.07, 6.45) is 2.86. The number of hydrogen-bond acceptors (Lipinski definition) is 6. The molecule has 1 amide bonds. The molecule has 0 N–H and O–H groups in total. The van der Waals surface area contributed by atoms with Crippen LogP contribution in [0.25, 0.3) is 0 Å². The molecule has 0 saturated carbocycles. The fraction of sp³-hybridized carbons (Fsp3) is 0.941. The molecule has 3 aliphatic rings. The van der Waals surface area contributed by atoms with Gasteiger partial charge in [0.1, 0.15) is 5.60 Å². The third-order valence-corrected chi connectivity index (χ3v) is 5.60. The number of rotatable bonds is 7. The van der Waals surface area contributed by atoms with Crippen molar-refractivity contribution in [2.45, 2.75) is 30.9 Å². The molecule has 7 heteroatoms. The Balaban J connectivity index is 1.44. The first-order valence-corrected chi connectivity index (χ1v) is 9.09. The molecule has 3 heterocycles. The van der Waals surface area contributed by atoms with Gasteiger partial charge in [0.05, 0.1) is 19.8 Å². The highest BCUT2D eigenvalue weighted by Crippen LogP contribution is 2.34. The first-order valence-electron chi connectivity index (χ1n) is 9.09. The Morgan fingerprint density at radius 2 is 2.12 bits per heavy atom. The van der Waals surface area contributed by atoms with Crippen molar-refractivity contribution in [1.82, 2.24) is 14.7 Å². The number of piperidine rings is 1. The van der Waals surface area contributed by atoms with Crippen LogP contribution in [-0.2, 0) is 14.2 Å². The van der Waals surface area contributed by atoms with E-state index in [4.69, 9.17) is 14.2 Å². The third kappa shape index (κ3) is 4.20. The Morgan fingerprint density at radius 3 is 2.79 bits per heavy atom. The van der Waals surface area contributed by atoms with Crippen molar-refractivity contribution < 1.29 is 19.0 Å². The van der Waals surface area contributed by atoms with Crippen molar-refractivity contribution in [2.24, 2.45) is 0 Å². The van der Waals surface area contributed by atoms with Gasteiger partial charge in [0.25, 0.3) is 0 Å². The summed E-state index contributed by atoms with van der Waals surface area (Å²) in [7, 11) is 3.76. The van der Waals surface area contributed by atoms with Gasteiger partial charge in [-0.15, -0.1) is 0 Å². The molecule has 0 aromatic heterocycles. The third-order valence-electron chi connectivity index (χ3n) is 5.60. The maximum atomic E-state index is 12.2. The number of carbonyl (C=O) groups is 1. The number of nitrogens with zero attached hydrogens (tertiary/aromatic N) is 3. The van der Waals surface area contributed by atoms with Crippen LogP contribution in [0, 0.1) is 0 Å². The predicted octanol–water partition coefficient (Wildman–Crippen LogP) is 0.640. The normalized spacial score (nSPS) is 27.4. The average Bonchev–Trinajstić information content (AvgIpc) is 3.21. The second-order valence-corrected chi connectivity index (χ2v) is 7.32. The summed E-state index contributed by atoms with van der Waals surface area (Å²) in [5, 5.41) is 0. The number of methoxy groups -OCH3 is 1. The van der Waals surface area contributed by atoms with Crippen molar-refractivity contribution >= 4 is 6.09 Å². The zero-order chi connectivity index (χ0) is 17.0. The molecule has 7 nitrogen and oxygen atoms in total. The van der Waals surface area contributed by atoms with Gasteiger partial charge in [-0.05, 0) is 13.5 Å². The predicted molar refractivity (Wildman–Crippen MR) is 90.2 cm³/mol. The minimum Gasteiger partial charge on any atom is -0.441 e. The summed E-state index contributed by atoms with van der Waals surface area (Å²) in [5.74, 6) is 0. The van der Waals surface area contributed by atoms with Gasteiger partial charge in [0, 0.05) is 65.3 Å². The van der Waals surface area contributed by atoms with Crippen molar-refractivity contribution in [3.05, 3.63) is 0 Å². The molecule has 3 fully saturated rings. The van der Waals surface area contributed by atoms with Gasteiger partial charge in [0.15, 0.2) is 0 Å². The van der Waals surface area contributed by atoms with Gasteiger partial charge in [-0.3, -0.25) is 4.90 Å². The zero-order valence-electron chi connectivity index (χ0n) is 15.0. The highest BCUT2D eigenvalue weighted by Gasteiger charge is 2.47. The molecule has 138 valence electrons. The molecular formula is C17H31N3O4. The molecule has 3 aliphatic heterocycles. The highest BCUT2D eigenvalue weighted by atomic mass is 16.6. The number of likely N-dealkylation sites (tertiary alicyclic amines) is 1. The topological polar surface area (TPSA) is 54.5 Å². The zero-order valence-corrected chi connectivity index (χ0v) is 15.0. The van der Waals surface area contributed by atoms with Crippen molar-refractivity contribution in [2.75, 3.05) is 73.2 Å². The van der Waals surface area contributed by atoms with Crippen LogP contribution in [0.4, 0.5) is 4.79 Å². The van der Waals surface area contributed by atoms with Gasteiger partial charge in [-0.1, -0.05) is 0 Å². The molecule has 0 aromatic carbocycles. The molecule has 0 aliphatic carbocycles. The molecule has 1 atom stereocenters. The number of amides is 1. The highest BCUT2D eigenvalue weighted by molar-refractivity contribution is 5.70. The Bertz CT molecular complexity index is 420. The first-order chi connectivity index (χ1) is 11.6. The molecule has 0 aromatic rings. The Morgan fingerprint density at radius 1 is 1.33 bits per heavy atom. The number of ether oxygens (including phenoxy) is 3. The van der Waals surface area contributed by atoms with E-state index >= 15 is 0 Å². The molecule has 3 rings (SSSR count). The summed E-state index contributed by atoms with van der Waals surface area (Å²) >= 11 is 0. The molecule has 1 spiro atoms. The summed E-state index contributed by atoms with van der Waals surface area (Å²) in [5.41, 5.74) is -0.266. The smallest absolute Gasteiger partial charge is 0.410 e. The Kier molecular flexibility index (Phi) is 5.97. The molecule has 0 radical (unpaired) electrons. The fourth-order valence-electron chi connectivity index (χ4n) is 3.88. The fourth-order valence-corrected chi connectivity index (χ4v) is 3.88. The van der Waals surface area contributed by atoms with Gasteiger partial charge in [-0.2, -0.15) is 0 Å². The van der Waals surface area contributed by atoms with Crippen LogP contribution < -0.4 is 0 Å². The Labute approximate surface area is 144 Å². The lowest BCUT2D eigenvalue weighted by molar-refractivity contribution is -0.0111. The molecule has 3 saturated heterocycles. The minimum absolute atomic E-state index is 0.146. The number of likely N-dealkylation sites (N-methyl/N-ethyl adjacent to an activating group) is 1. The van der Waals surface area contributed by atoms with Crippen LogP contribution in [0.3, 0.4) is 0 Å². The standard InChI is InChI=1S/C17H31N3O4/c1-18(10-12-22-2)8-9-20-14-17(24-16(20)21)4-6-19(7-5-17)15-3-11-23-13-15/h15H,3-14H2,1-2H3/t15-/m0/s1. The molecular weight excluding hydrogens is 310 g/mol. The van der Waals surface area contributed by atoms with Gasteiger partial charge < -0.3 is 24.0 Å². The maximum Gasteiger partial charge on any atom is 0.410 e. The van der Waals surface area contributed by atoms with E-state index in [1.165, 1.54) is 0 Å². The lowest BCUT2D eigenvalue weighted by Crippen LogP contribution is -2.50. The van der Waals surface area contributed by atoms with E-state index in [2.05, 4.69) is 16.8 Å². The lowest BCUT2D eigenvalue weighted by atomic mass is 9.90. The summed E-state index contributed by atoms with van der Waals surface area (Å²) < 4.78 is 16.4. The second-order valence-electron chi connectivity index (χ2n) is 7.32. The van der Waals surface area contributed by atoms with Gasteiger partial charge in [-0.25, -0.2) is 4.79 Å². The summed E-state index contributed by atoms with van der Waals surface area (Å²) in [4.78, 5) is 18.8. The van der Waals surface area contributed by atoms with Crippen LogP contribution in [0.5, 0.6) is 0 Å². The van der Waals surface area contributed by atoms with E-state index in [0.717, 1.165) is 71.7 Å². The maximum absolute atomic E-state index is 12.2. The quantitative estimate of drug-likeness (QED) is 0.677. The van der Waals surface area contributed by atoms with Gasteiger partial charge >= 0.3 is 6.09 Å². The van der Waals surface area contributed by atoms with Crippen LogP contribution >= 0.6 is 0 Å². The van der Waals surface area contributed by atoms with E-state index in [9.17, 15) is 4.79 Å². The second kappa shape index (κ2) is 7.99. The SMILES string of the molecule is COCCN(C)CCN1CC2(CCN([C@H]3CCOC3)CC2)OC1=O. The first kappa shape index (κ1) is 17.9. The minimum atomic E-state index is -0.266. The summed E-state index contributed by atoms with van der Waals surface area (Å²) in [6.45, 7) is 7.64. The average molecular weight is 341 g/mol. The van der Waals surface area contributed by atoms with Crippen LogP contribution in [0.2, 0.25) is 0 Å². The van der Waals surface area contributed by atoms with Crippen molar-refractivity contribution in [1.29, 1.82) is 0 Å². The molecule has 0 bridgehead atoms. The van der Waals surface area contributed by atoms with E-state index < -0.39 is 0 Å². The van der Waals surface area contributed by atoms with Crippen LogP contribution in [0.1, 0.15) is 19.3 Å². The van der Waals surface area contributed by atoms with Crippen molar-refractivity contribution in [3.8, 4) is 0 Å². The van der Waals surface area contributed by atoms with Gasteiger partial charge in [0.2, 0.25) is 0 Å². The van der Waals surface area contributed by atoms with E-state index in [-0.39, 0.29) is 11.7 Å². The van der Waals surface area contributed by atoms with E-state index in [1.54, 1.807) is 7.11 Å². The van der Waals surface area contributed by atoms with E-state index in [1.807, 2.05) is 4.90 Å². The monoisotopic (exact) mass is 341 g/mol. The molecule has 0 unspecified atom stereocenters. The van der Waals surface area contributed by atoms with Crippen LogP contribution in [0.15, 0.2) is 0 Å². The summed E-state index contributed by atoms with van der Waals surface area (Å²) in [6, 6.07) is 0.560. The number of hydrogen-bond donors (Lipinski definition) is 0. The Hall–Kier alpha value is -0.890. The largest absolute Gasteiger partial charge is 0.441 e. The van der Waals surface area contributed by atoms with Crippen LogP contribution in [-0.4, -0.2) is 106 Å². The lowest BCUT2D eigenvalue weighted by Gasteiger charge is -2.39.